The van der Waals surface area contributed by atoms with Gasteiger partial charge in [-0.2, -0.15) is 0 Å². The van der Waals surface area contributed by atoms with E-state index in [-0.39, 0.29) is 11.7 Å². The number of pyridine rings is 1. The normalized spacial score (nSPS) is 15.2. The summed E-state index contributed by atoms with van der Waals surface area (Å²) in [5, 5.41) is 2.99. The topological polar surface area (TPSA) is 71.5 Å². The molecule has 2 aromatic rings. The first-order valence-electron chi connectivity index (χ1n) is 9.66. The molecule has 6 nitrogen and oxygen atoms in total. The Morgan fingerprint density at radius 3 is 2.57 bits per heavy atom. The first-order valence-corrected chi connectivity index (χ1v) is 9.66. The number of amides is 1. The summed E-state index contributed by atoms with van der Waals surface area (Å²) in [5.41, 5.74) is 2.37. The van der Waals surface area contributed by atoms with E-state index in [0.29, 0.717) is 30.5 Å². The lowest BCUT2D eigenvalue weighted by Crippen LogP contribution is -2.40. The number of methoxy groups -OCH3 is 1. The van der Waals surface area contributed by atoms with Crippen LogP contribution in [0.15, 0.2) is 42.6 Å². The van der Waals surface area contributed by atoms with E-state index in [0.717, 1.165) is 37.1 Å². The van der Waals surface area contributed by atoms with Gasteiger partial charge in [-0.15, -0.1) is 0 Å². The van der Waals surface area contributed by atoms with Crippen molar-refractivity contribution >= 4 is 11.7 Å². The maximum absolute atomic E-state index is 12.4. The van der Waals surface area contributed by atoms with Crippen LogP contribution in [-0.2, 0) is 0 Å². The Morgan fingerprint density at radius 2 is 1.89 bits per heavy atom. The number of likely N-dealkylation sites (tertiary alicyclic amines) is 1. The fourth-order valence-electron chi connectivity index (χ4n) is 3.44. The summed E-state index contributed by atoms with van der Waals surface area (Å²) in [5.74, 6) is 0.749. The molecule has 28 heavy (non-hydrogen) atoms. The molecule has 0 saturated carbocycles. The van der Waals surface area contributed by atoms with Crippen LogP contribution in [0.1, 0.15) is 39.1 Å². The smallest absolute Gasteiger partial charge is 0.256 e. The van der Waals surface area contributed by atoms with Crippen LogP contribution in [0.25, 0.3) is 0 Å². The summed E-state index contributed by atoms with van der Waals surface area (Å²) in [6.07, 6.45) is 3.53. The SMILES string of the molecule is COc1ncccc1C(=O)NCC1CCN(CC(=O)c2ccc(C)cc2)CC1. The zero-order valence-corrected chi connectivity index (χ0v) is 16.5. The number of nitrogens with one attached hydrogen (secondary N) is 1. The van der Waals surface area contributed by atoms with Gasteiger partial charge in [0.2, 0.25) is 5.88 Å². The molecule has 1 aromatic heterocycles. The van der Waals surface area contributed by atoms with E-state index in [9.17, 15) is 9.59 Å². The van der Waals surface area contributed by atoms with Gasteiger partial charge in [0.15, 0.2) is 5.78 Å². The molecule has 0 radical (unpaired) electrons. The first kappa shape index (κ1) is 20.0. The predicted octanol–water partition coefficient (Wildman–Crippen LogP) is 2.72. The molecule has 2 heterocycles. The Hall–Kier alpha value is -2.73. The van der Waals surface area contributed by atoms with Crippen LogP contribution in [-0.4, -0.2) is 54.9 Å². The first-order chi connectivity index (χ1) is 13.6. The monoisotopic (exact) mass is 381 g/mol. The third-order valence-corrected chi connectivity index (χ3v) is 5.21. The van der Waals surface area contributed by atoms with Crippen molar-refractivity contribution in [3.05, 3.63) is 59.3 Å². The van der Waals surface area contributed by atoms with E-state index in [2.05, 4.69) is 15.2 Å². The van der Waals surface area contributed by atoms with Gasteiger partial charge in [0.25, 0.3) is 5.91 Å². The number of ketones is 1. The van der Waals surface area contributed by atoms with Crippen molar-refractivity contribution < 1.29 is 14.3 Å². The van der Waals surface area contributed by atoms with Crippen molar-refractivity contribution in [2.24, 2.45) is 5.92 Å². The molecule has 0 unspecified atom stereocenters. The molecule has 1 amide bonds. The van der Waals surface area contributed by atoms with Crippen LogP contribution in [0.2, 0.25) is 0 Å². The highest BCUT2D eigenvalue weighted by atomic mass is 16.5. The number of Topliss-reactive ketones (excluding diaryl/α,β-unsaturated/α-hetero) is 1. The molecule has 1 aromatic carbocycles. The highest BCUT2D eigenvalue weighted by Crippen LogP contribution is 2.18. The minimum Gasteiger partial charge on any atom is -0.480 e. The standard InChI is InChI=1S/C22H27N3O3/c1-16-5-7-18(8-6-16)20(26)15-25-12-9-17(10-13-25)14-24-21(27)19-4-3-11-23-22(19)28-2/h3-8,11,17H,9-10,12-15H2,1-2H3,(H,24,27). The summed E-state index contributed by atoms with van der Waals surface area (Å²) in [6.45, 7) is 4.83. The minimum absolute atomic E-state index is 0.162. The highest BCUT2D eigenvalue weighted by molar-refractivity contribution is 5.97. The van der Waals surface area contributed by atoms with Gasteiger partial charge < -0.3 is 10.1 Å². The number of aryl methyl sites for hydroxylation is 1. The molecule has 6 heteroatoms. The number of benzene rings is 1. The van der Waals surface area contributed by atoms with Crippen molar-refractivity contribution in [1.82, 2.24) is 15.2 Å². The van der Waals surface area contributed by atoms with Crippen LogP contribution >= 0.6 is 0 Å². The number of nitrogens with zero attached hydrogens (tertiary/aromatic N) is 2. The summed E-state index contributed by atoms with van der Waals surface area (Å²) >= 11 is 0. The van der Waals surface area contributed by atoms with Crippen LogP contribution in [0.4, 0.5) is 0 Å². The van der Waals surface area contributed by atoms with E-state index in [1.807, 2.05) is 31.2 Å². The van der Waals surface area contributed by atoms with Crippen LogP contribution in [0, 0.1) is 12.8 Å². The molecule has 1 saturated heterocycles. The van der Waals surface area contributed by atoms with E-state index in [1.54, 1.807) is 18.3 Å². The average Bonchev–Trinajstić information content (AvgIpc) is 2.73. The molecule has 148 valence electrons. The number of carbonyl (C=O) groups is 2. The van der Waals surface area contributed by atoms with Crippen molar-refractivity contribution in [1.29, 1.82) is 0 Å². The zero-order valence-electron chi connectivity index (χ0n) is 16.5. The predicted molar refractivity (Wildman–Crippen MR) is 108 cm³/mol. The number of rotatable bonds is 7. The summed E-state index contributed by atoms with van der Waals surface area (Å²) in [7, 11) is 1.51. The van der Waals surface area contributed by atoms with Gasteiger partial charge >= 0.3 is 0 Å². The number of hydrogen-bond acceptors (Lipinski definition) is 5. The van der Waals surface area contributed by atoms with Crippen LogP contribution in [0.3, 0.4) is 0 Å². The summed E-state index contributed by atoms with van der Waals surface area (Å²) in [4.78, 5) is 31.1. The zero-order chi connectivity index (χ0) is 19.9. The molecule has 0 atom stereocenters. The molecular formula is C22H27N3O3. The van der Waals surface area contributed by atoms with Gasteiger partial charge in [0, 0.05) is 18.3 Å². The fourth-order valence-corrected chi connectivity index (χ4v) is 3.44. The summed E-state index contributed by atoms with van der Waals surface area (Å²) < 4.78 is 5.14. The number of ether oxygens (including phenoxy) is 1. The lowest BCUT2D eigenvalue weighted by molar-refractivity contribution is 0.0886. The summed E-state index contributed by atoms with van der Waals surface area (Å²) in [6, 6.07) is 11.2. The molecule has 1 N–H and O–H groups in total. The van der Waals surface area contributed by atoms with Crippen LogP contribution in [0.5, 0.6) is 5.88 Å². The highest BCUT2D eigenvalue weighted by Gasteiger charge is 2.22. The van der Waals surface area contributed by atoms with Crippen LogP contribution < -0.4 is 10.1 Å². The third kappa shape index (κ3) is 5.16. The Bertz CT molecular complexity index is 812. The van der Waals surface area contributed by atoms with E-state index < -0.39 is 0 Å². The van der Waals surface area contributed by atoms with Gasteiger partial charge in [-0.1, -0.05) is 29.8 Å². The van der Waals surface area contributed by atoms with Gasteiger partial charge in [0.05, 0.1) is 13.7 Å². The second-order valence-electron chi connectivity index (χ2n) is 7.28. The Balaban J connectivity index is 1.43. The van der Waals surface area contributed by atoms with Crippen molar-refractivity contribution in [2.45, 2.75) is 19.8 Å². The third-order valence-electron chi connectivity index (χ3n) is 5.21. The Labute approximate surface area is 165 Å². The molecule has 3 rings (SSSR count). The van der Waals surface area contributed by atoms with E-state index >= 15 is 0 Å². The number of piperidine rings is 1. The fraction of sp³-hybridized carbons (Fsp3) is 0.409. The second kappa shape index (κ2) is 9.46. The Kier molecular flexibility index (Phi) is 6.76. The maximum Gasteiger partial charge on any atom is 0.256 e. The molecule has 1 fully saturated rings. The van der Waals surface area contributed by atoms with Crippen molar-refractivity contribution in [3.63, 3.8) is 0 Å². The molecule has 0 spiro atoms. The number of aromatic nitrogens is 1. The maximum atomic E-state index is 12.4. The molecule has 0 aliphatic carbocycles. The lowest BCUT2D eigenvalue weighted by atomic mass is 9.96. The van der Waals surface area contributed by atoms with Crippen molar-refractivity contribution in [3.8, 4) is 5.88 Å². The Morgan fingerprint density at radius 1 is 1.18 bits per heavy atom. The largest absolute Gasteiger partial charge is 0.480 e. The quantitative estimate of drug-likeness (QED) is 0.747. The van der Waals surface area contributed by atoms with Gasteiger partial charge in [-0.25, -0.2) is 4.98 Å². The van der Waals surface area contributed by atoms with Gasteiger partial charge in [-0.05, 0) is 50.9 Å². The number of hydrogen-bond donors (Lipinski definition) is 1. The van der Waals surface area contributed by atoms with Crippen molar-refractivity contribution in [2.75, 3.05) is 33.3 Å². The molecule has 1 aliphatic heterocycles. The average molecular weight is 381 g/mol. The molecular weight excluding hydrogens is 354 g/mol. The van der Waals surface area contributed by atoms with Gasteiger partial charge in [0.1, 0.15) is 5.56 Å². The molecule has 0 bridgehead atoms. The minimum atomic E-state index is -0.165. The second-order valence-corrected chi connectivity index (χ2v) is 7.28. The van der Waals surface area contributed by atoms with E-state index in [4.69, 9.17) is 4.74 Å². The lowest BCUT2D eigenvalue weighted by Gasteiger charge is -2.31. The molecule has 1 aliphatic rings. The van der Waals surface area contributed by atoms with Gasteiger partial charge in [-0.3, -0.25) is 14.5 Å². The van der Waals surface area contributed by atoms with E-state index in [1.165, 1.54) is 7.11 Å². The number of carbonyl (C=O) groups excluding carboxylic acids is 2.